The van der Waals surface area contributed by atoms with Gasteiger partial charge in [-0.15, -0.1) is 0 Å². The van der Waals surface area contributed by atoms with Crippen LogP contribution >= 0.6 is 0 Å². The Morgan fingerprint density at radius 3 is 2.87 bits per heavy atom. The first-order valence-corrected chi connectivity index (χ1v) is 10.0. The fourth-order valence-corrected chi connectivity index (χ4v) is 3.51. The van der Waals surface area contributed by atoms with Gasteiger partial charge in [0, 0.05) is 30.0 Å². The Bertz CT molecular complexity index is 1130. The summed E-state index contributed by atoms with van der Waals surface area (Å²) in [5.41, 5.74) is 4.70. The molecule has 7 nitrogen and oxygen atoms in total. The molecular formula is C23H22N4O3. The molecule has 4 heterocycles. The van der Waals surface area contributed by atoms with E-state index in [1.807, 2.05) is 36.5 Å². The van der Waals surface area contributed by atoms with Crippen LogP contribution in [0.1, 0.15) is 18.4 Å². The van der Waals surface area contributed by atoms with Gasteiger partial charge in [-0.2, -0.15) is 15.1 Å². The molecule has 3 aromatic heterocycles. The van der Waals surface area contributed by atoms with Crippen molar-refractivity contribution in [3.63, 3.8) is 0 Å². The quantitative estimate of drug-likeness (QED) is 0.474. The van der Waals surface area contributed by atoms with Crippen LogP contribution in [0.15, 0.2) is 65.6 Å². The Balaban J connectivity index is 1.47. The van der Waals surface area contributed by atoms with Gasteiger partial charge in [-0.1, -0.05) is 23.8 Å². The van der Waals surface area contributed by atoms with Gasteiger partial charge in [-0.05, 0) is 38.0 Å². The Labute approximate surface area is 174 Å². The fraction of sp³-hybridized carbons (Fsp3) is 0.261. The number of aryl methyl sites for hydroxylation is 1. The highest BCUT2D eigenvalue weighted by atomic mass is 16.5. The number of ether oxygens (including phenoxy) is 2. The third-order valence-electron chi connectivity index (χ3n) is 5.07. The smallest absolute Gasteiger partial charge is 0.319 e. The van der Waals surface area contributed by atoms with Crippen molar-refractivity contribution in [1.29, 1.82) is 0 Å². The van der Waals surface area contributed by atoms with Crippen LogP contribution in [0.25, 0.3) is 28.3 Å². The molecule has 0 aliphatic carbocycles. The lowest BCUT2D eigenvalue weighted by Gasteiger charge is -2.12. The van der Waals surface area contributed by atoms with Gasteiger partial charge < -0.3 is 13.9 Å². The average Bonchev–Trinajstić information content (AvgIpc) is 3.55. The molecule has 7 heteroatoms. The van der Waals surface area contributed by atoms with E-state index in [-0.39, 0.29) is 6.10 Å². The summed E-state index contributed by atoms with van der Waals surface area (Å²) in [5.74, 6) is 0.627. The molecule has 1 atom stereocenters. The van der Waals surface area contributed by atoms with Crippen molar-refractivity contribution in [3.8, 4) is 34.3 Å². The summed E-state index contributed by atoms with van der Waals surface area (Å²) in [5, 5.41) is 4.72. The second-order valence-electron chi connectivity index (χ2n) is 7.37. The van der Waals surface area contributed by atoms with E-state index < -0.39 is 0 Å². The molecule has 1 aromatic carbocycles. The van der Waals surface area contributed by atoms with Gasteiger partial charge in [0.1, 0.15) is 6.61 Å². The maximum absolute atomic E-state index is 5.88. The van der Waals surface area contributed by atoms with Crippen LogP contribution in [0.4, 0.5) is 0 Å². The van der Waals surface area contributed by atoms with Crippen LogP contribution in [0.5, 0.6) is 6.01 Å². The third kappa shape index (κ3) is 3.97. The van der Waals surface area contributed by atoms with Crippen LogP contribution in [-0.4, -0.2) is 39.1 Å². The molecule has 1 aliphatic rings. The van der Waals surface area contributed by atoms with Gasteiger partial charge in [0.05, 0.1) is 30.0 Å². The molecule has 0 radical (unpaired) electrons. The molecule has 1 unspecified atom stereocenters. The maximum atomic E-state index is 5.88. The molecule has 0 N–H and O–H groups in total. The van der Waals surface area contributed by atoms with Crippen molar-refractivity contribution in [2.45, 2.75) is 25.9 Å². The predicted octanol–water partition coefficient (Wildman–Crippen LogP) is 4.46. The van der Waals surface area contributed by atoms with Gasteiger partial charge in [0.2, 0.25) is 0 Å². The second kappa shape index (κ2) is 8.12. The second-order valence-corrected chi connectivity index (χ2v) is 7.37. The zero-order valence-electron chi connectivity index (χ0n) is 16.7. The Morgan fingerprint density at radius 2 is 2.07 bits per heavy atom. The first kappa shape index (κ1) is 18.6. The normalized spacial score (nSPS) is 16.1. The summed E-state index contributed by atoms with van der Waals surface area (Å²) >= 11 is 0. The summed E-state index contributed by atoms with van der Waals surface area (Å²) in [6, 6.07) is 14.3. The summed E-state index contributed by atoms with van der Waals surface area (Å²) in [7, 11) is 0. The van der Waals surface area contributed by atoms with E-state index in [4.69, 9.17) is 19.0 Å². The summed E-state index contributed by atoms with van der Waals surface area (Å²) < 4.78 is 18.5. The number of rotatable bonds is 6. The monoisotopic (exact) mass is 402 g/mol. The third-order valence-corrected chi connectivity index (χ3v) is 5.07. The SMILES string of the molecule is Cc1cccc(-c2ccn(-c3cc(-c4ccoc4)nc(OCC4CCCO4)n3)n2)c1. The fourth-order valence-electron chi connectivity index (χ4n) is 3.51. The minimum absolute atomic E-state index is 0.0901. The minimum atomic E-state index is 0.0901. The van der Waals surface area contributed by atoms with E-state index >= 15 is 0 Å². The standard InChI is InChI=1S/C23H22N4O3/c1-16-4-2-5-17(12-16)20-7-9-27(26-20)22-13-21(18-8-11-28-14-18)24-23(25-22)30-15-19-6-3-10-29-19/h2,4-5,7-9,11-14,19H,3,6,10,15H2,1H3. The highest BCUT2D eigenvalue weighted by Gasteiger charge is 2.18. The maximum Gasteiger partial charge on any atom is 0.319 e. The van der Waals surface area contributed by atoms with Crippen LogP contribution in [-0.2, 0) is 4.74 Å². The van der Waals surface area contributed by atoms with Crippen LogP contribution in [0, 0.1) is 6.92 Å². The highest BCUT2D eigenvalue weighted by Crippen LogP contribution is 2.24. The zero-order chi connectivity index (χ0) is 20.3. The largest absolute Gasteiger partial charge is 0.472 e. The van der Waals surface area contributed by atoms with Crippen molar-refractivity contribution < 1.29 is 13.9 Å². The van der Waals surface area contributed by atoms with Gasteiger partial charge in [-0.3, -0.25) is 0 Å². The molecule has 5 rings (SSSR count). The van der Waals surface area contributed by atoms with Gasteiger partial charge in [-0.25, -0.2) is 4.68 Å². The highest BCUT2D eigenvalue weighted by molar-refractivity contribution is 5.61. The van der Waals surface area contributed by atoms with E-state index in [0.29, 0.717) is 24.1 Å². The van der Waals surface area contributed by atoms with Crippen molar-refractivity contribution in [3.05, 3.63) is 66.8 Å². The Hall–Kier alpha value is -3.45. The van der Waals surface area contributed by atoms with Crippen molar-refractivity contribution in [2.24, 2.45) is 0 Å². The van der Waals surface area contributed by atoms with Crippen molar-refractivity contribution in [2.75, 3.05) is 13.2 Å². The van der Waals surface area contributed by atoms with Crippen molar-refractivity contribution in [1.82, 2.24) is 19.7 Å². The lowest BCUT2D eigenvalue weighted by molar-refractivity contribution is 0.0645. The Kier molecular flexibility index (Phi) is 5.03. The van der Waals surface area contributed by atoms with E-state index in [0.717, 1.165) is 36.3 Å². The first-order chi connectivity index (χ1) is 14.7. The Morgan fingerprint density at radius 1 is 1.10 bits per heavy atom. The topological polar surface area (TPSA) is 75.2 Å². The molecule has 1 saturated heterocycles. The van der Waals surface area contributed by atoms with Gasteiger partial charge >= 0.3 is 6.01 Å². The molecule has 1 fully saturated rings. The molecule has 4 aromatic rings. The molecule has 30 heavy (non-hydrogen) atoms. The average molecular weight is 402 g/mol. The van der Waals surface area contributed by atoms with E-state index in [1.165, 1.54) is 5.56 Å². The van der Waals surface area contributed by atoms with Crippen molar-refractivity contribution >= 4 is 0 Å². The van der Waals surface area contributed by atoms with E-state index in [1.54, 1.807) is 17.2 Å². The first-order valence-electron chi connectivity index (χ1n) is 10.0. The van der Waals surface area contributed by atoms with Crippen LogP contribution < -0.4 is 4.74 Å². The zero-order valence-corrected chi connectivity index (χ0v) is 16.7. The molecular weight excluding hydrogens is 380 g/mol. The van der Waals surface area contributed by atoms with Crippen LogP contribution in [0.2, 0.25) is 0 Å². The van der Waals surface area contributed by atoms with Gasteiger partial charge in [0.25, 0.3) is 0 Å². The molecule has 0 bridgehead atoms. The number of furan rings is 1. The number of aromatic nitrogens is 4. The summed E-state index contributed by atoms with van der Waals surface area (Å²) in [6.45, 7) is 3.28. The number of hydrogen-bond acceptors (Lipinski definition) is 6. The molecule has 0 saturated carbocycles. The van der Waals surface area contributed by atoms with E-state index in [9.17, 15) is 0 Å². The predicted molar refractivity (Wildman–Crippen MR) is 111 cm³/mol. The van der Waals surface area contributed by atoms with E-state index in [2.05, 4.69) is 29.0 Å². The molecule has 152 valence electrons. The molecule has 1 aliphatic heterocycles. The summed E-state index contributed by atoms with van der Waals surface area (Å²) in [4.78, 5) is 9.13. The minimum Gasteiger partial charge on any atom is -0.472 e. The van der Waals surface area contributed by atoms with Gasteiger partial charge in [0.15, 0.2) is 5.82 Å². The number of hydrogen-bond donors (Lipinski definition) is 0. The van der Waals surface area contributed by atoms with Crippen LogP contribution in [0.3, 0.4) is 0 Å². The number of benzene rings is 1. The molecule has 0 spiro atoms. The lowest BCUT2D eigenvalue weighted by atomic mass is 10.1. The lowest BCUT2D eigenvalue weighted by Crippen LogP contribution is -2.17. The summed E-state index contributed by atoms with van der Waals surface area (Å²) in [6.07, 6.45) is 7.30. The molecule has 0 amide bonds. The number of nitrogens with zero attached hydrogens (tertiary/aromatic N) is 4.